The van der Waals surface area contributed by atoms with Gasteiger partial charge in [-0.1, -0.05) is 11.6 Å². The van der Waals surface area contributed by atoms with E-state index in [1.54, 1.807) is 17.0 Å². The number of carbonyl (C=O) groups excluding carboxylic acids is 1. The van der Waals surface area contributed by atoms with Crippen LogP contribution in [0.25, 0.3) is 11.2 Å². The first-order chi connectivity index (χ1) is 12.3. The van der Waals surface area contributed by atoms with E-state index in [1.807, 2.05) is 20.8 Å². The van der Waals surface area contributed by atoms with Gasteiger partial charge < -0.3 is 19.0 Å². The Bertz CT molecular complexity index is 831. The number of fused-ring (bicyclic) bond motifs is 2. The number of hydrogen-bond acceptors (Lipinski definition) is 6. The van der Waals surface area contributed by atoms with Crippen LogP contribution in [0.15, 0.2) is 16.5 Å². The third kappa shape index (κ3) is 3.32. The first-order valence-corrected chi connectivity index (χ1v) is 9.35. The minimum absolute atomic E-state index is 0.180. The molecule has 4 rings (SSSR count). The number of aromatic nitrogens is 2. The van der Waals surface area contributed by atoms with Crippen LogP contribution in [-0.4, -0.2) is 52.2 Å². The second kappa shape index (κ2) is 6.30. The molecule has 4 heterocycles. The molecule has 2 aromatic heterocycles. The first kappa shape index (κ1) is 17.4. The van der Waals surface area contributed by atoms with E-state index in [4.69, 9.17) is 20.8 Å². The van der Waals surface area contributed by atoms with Crippen molar-refractivity contribution in [3.63, 3.8) is 0 Å². The normalized spacial score (nSPS) is 23.4. The van der Waals surface area contributed by atoms with Crippen LogP contribution in [0.2, 0.25) is 5.15 Å². The first-order valence-electron chi connectivity index (χ1n) is 8.98. The summed E-state index contributed by atoms with van der Waals surface area (Å²) in [5.41, 5.74) is 0.637. The average Bonchev–Trinajstić information content (AvgIpc) is 3.15. The van der Waals surface area contributed by atoms with Gasteiger partial charge >= 0.3 is 6.09 Å². The number of nitrogens with zero attached hydrogens (tertiary/aromatic N) is 4. The third-order valence-corrected chi connectivity index (χ3v) is 5.18. The van der Waals surface area contributed by atoms with Crippen LogP contribution in [-0.2, 0) is 4.74 Å². The fourth-order valence-electron chi connectivity index (χ4n) is 3.78. The molecule has 0 saturated carbocycles. The lowest BCUT2D eigenvalue weighted by Crippen LogP contribution is -2.51. The van der Waals surface area contributed by atoms with Crippen molar-refractivity contribution < 1.29 is 13.9 Å². The zero-order valence-electron chi connectivity index (χ0n) is 15.2. The van der Waals surface area contributed by atoms with E-state index in [2.05, 4.69) is 14.9 Å². The Kier molecular flexibility index (Phi) is 4.22. The van der Waals surface area contributed by atoms with Gasteiger partial charge in [0.2, 0.25) is 5.65 Å². The molecule has 2 saturated heterocycles. The molecular weight excluding hydrogens is 356 g/mol. The Hall–Kier alpha value is -2.02. The van der Waals surface area contributed by atoms with Crippen molar-refractivity contribution in [3.8, 4) is 0 Å². The molecule has 2 atom stereocenters. The fraction of sp³-hybridized carbons (Fsp3) is 0.611. The topological polar surface area (TPSA) is 71.7 Å². The number of likely N-dealkylation sites (tertiary alicyclic amines) is 1. The Balaban J connectivity index is 1.54. The van der Waals surface area contributed by atoms with Crippen LogP contribution in [0.1, 0.15) is 33.6 Å². The summed E-state index contributed by atoms with van der Waals surface area (Å²) in [7, 11) is 0. The van der Waals surface area contributed by atoms with Crippen molar-refractivity contribution in [2.75, 3.05) is 24.5 Å². The van der Waals surface area contributed by atoms with Crippen LogP contribution in [0.3, 0.4) is 0 Å². The molecule has 140 valence electrons. The van der Waals surface area contributed by atoms with E-state index in [0.717, 1.165) is 25.9 Å². The SMILES string of the molecule is CC(C)(C)OC(=O)N1CCC2CCN(c3nc4nc(Cl)ccc4o3)C2C1. The highest BCUT2D eigenvalue weighted by molar-refractivity contribution is 6.29. The average molecular weight is 379 g/mol. The van der Waals surface area contributed by atoms with Gasteiger partial charge in [0.25, 0.3) is 6.01 Å². The summed E-state index contributed by atoms with van der Waals surface area (Å²) >= 11 is 5.94. The summed E-state index contributed by atoms with van der Waals surface area (Å²) in [6, 6.07) is 4.20. The lowest BCUT2D eigenvalue weighted by atomic mass is 9.92. The molecule has 0 bridgehead atoms. The van der Waals surface area contributed by atoms with Gasteiger partial charge in [-0.2, -0.15) is 4.98 Å². The van der Waals surface area contributed by atoms with Gasteiger partial charge in [-0.15, -0.1) is 0 Å². The fourth-order valence-corrected chi connectivity index (χ4v) is 3.92. The van der Waals surface area contributed by atoms with Crippen LogP contribution in [0.4, 0.5) is 10.8 Å². The maximum atomic E-state index is 12.4. The summed E-state index contributed by atoms with van der Waals surface area (Å²) in [4.78, 5) is 25.1. The van der Waals surface area contributed by atoms with Gasteiger partial charge in [-0.25, -0.2) is 9.78 Å². The van der Waals surface area contributed by atoms with E-state index in [9.17, 15) is 4.79 Å². The molecule has 26 heavy (non-hydrogen) atoms. The lowest BCUT2D eigenvalue weighted by Gasteiger charge is -2.38. The number of hydrogen-bond donors (Lipinski definition) is 0. The highest BCUT2D eigenvalue weighted by Gasteiger charge is 2.42. The summed E-state index contributed by atoms with van der Waals surface area (Å²) in [6.07, 6.45) is 1.78. The number of oxazole rings is 1. The van der Waals surface area contributed by atoms with Crippen molar-refractivity contribution in [2.24, 2.45) is 5.92 Å². The Labute approximate surface area is 157 Å². The molecule has 2 unspecified atom stereocenters. The predicted molar refractivity (Wildman–Crippen MR) is 98.5 cm³/mol. The van der Waals surface area contributed by atoms with Crippen LogP contribution < -0.4 is 4.90 Å². The molecule has 2 aliphatic heterocycles. The maximum Gasteiger partial charge on any atom is 0.410 e. The van der Waals surface area contributed by atoms with Gasteiger partial charge in [-0.3, -0.25) is 0 Å². The van der Waals surface area contributed by atoms with E-state index >= 15 is 0 Å². The molecule has 0 N–H and O–H groups in total. The van der Waals surface area contributed by atoms with E-state index < -0.39 is 5.60 Å². The zero-order chi connectivity index (χ0) is 18.5. The third-order valence-electron chi connectivity index (χ3n) is 4.97. The smallest absolute Gasteiger partial charge is 0.410 e. The Morgan fingerprint density at radius 1 is 1.27 bits per heavy atom. The van der Waals surface area contributed by atoms with Crippen LogP contribution in [0.5, 0.6) is 0 Å². The molecule has 0 radical (unpaired) electrons. The quantitative estimate of drug-likeness (QED) is 0.704. The molecule has 2 aromatic rings. The second-order valence-electron chi connectivity index (χ2n) is 7.98. The number of piperidine rings is 1. The molecule has 0 aromatic carbocycles. The minimum Gasteiger partial charge on any atom is -0.444 e. The zero-order valence-corrected chi connectivity index (χ0v) is 16.0. The van der Waals surface area contributed by atoms with Gasteiger partial charge in [0.15, 0.2) is 5.58 Å². The maximum absolute atomic E-state index is 12.4. The van der Waals surface area contributed by atoms with Crippen LogP contribution >= 0.6 is 11.6 Å². The van der Waals surface area contributed by atoms with Crippen molar-refractivity contribution >= 4 is 34.9 Å². The molecular formula is C18H23ClN4O3. The number of halogens is 1. The van der Waals surface area contributed by atoms with E-state index in [1.165, 1.54) is 0 Å². The van der Waals surface area contributed by atoms with Crippen molar-refractivity contribution in [1.29, 1.82) is 0 Å². The monoisotopic (exact) mass is 378 g/mol. The standard InChI is InChI=1S/C18H23ClN4O3/c1-18(2,3)26-17(24)22-8-6-11-7-9-23(12(11)10-22)16-21-15-13(25-16)4-5-14(19)20-15/h4-5,11-12H,6-10H2,1-3H3. The van der Waals surface area contributed by atoms with Gasteiger partial charge in [0.05, 0.1) is 6.04 Å². The van der Waals surface area contributed by atoms with Crippen molar-refractivity contribution in [3.05, 3.63) is 17.3 Å². The number of carbonyl (C=O) groups is 1. The molecule has 2 aliphatic rings. The number of anilines is 1. The number of ether oxygens (including phenoxy) is 1. The molecule has 0 aliphatic carbocycles. The summed E-state index contributed by atoms with van der Waals surface area (Å²) in [5, 5.41) is 0.394. The molecule has 8 heteroatoms. The van der Waals surface area contributed by atoms with E-state index in [-0.39, 0.29) is 12.1 Å². The van der Waals surface area contributed by atoms with Gasteiger partial charge in [-0.05, 0) is 51.7 Å². The highest BCUT2D eigenvalue weighted by atomic mass is 35.5. The molecule has 7 nitrogen and oxygen atoms in total. The largest absolute Gasteiger partial charge is 0.444 e. The minimum atomic E-state index is -0.492. The Morgan fingerprint density at radius 2 is 2.04 bits per heavy atom. The van der Waals surface area contributed by atoms with Gasteiger partial charge in [0.1, 0.15) is 10.8 Å². The second-order valence-corrected chi connectivity index (χ2v) is 8.36. The number of rotatable bonds is 1. The van der Waals surface area contributed by atoms with Crippen molar-refractivity contribution in [1.82, 2.24) is 14.9 Å². The highest BCUT2D eigenvalue weighted by Crippen LogP contribution is 2.36. The predicted octanol–water partition coefficient (Wildman–Crippen LogP) is 3.71. The number of pyridine rings is 1. The van der Waals surface area contributed by atoms with E-state index in [0.29, 0.717) is 34.9 Å². The summed E-state index contributed by atoms with van der Waals surface area (Å²) < 4.78 is 11.4. The van der Waals surface area contributed by atoms with Crippen LogP contribution in [0, 0.1) is 5.92 Å². The molecule has 1 amide bonds. The van der Waals surface area contributed by atoms with Gasteiger partial charge in [0, 0.05) is 19.6 Å². The Morgan fingerprint density at radius 3 is 2.81 bits per heavy atom. The van der Waals surface area contributed by atoms with Crippen molar-refractivity contribution in [2.45, 2.75) is 45.3 Å². The summed E-state index contributed by atoms with van der Waals surface area (Å²) in [5.74, 6) is 0.528. The number of amides is 1. The molecule has 0 spiro atoms. The lowest BCUT2D eigenvalue weighted by molar-refractivity contribution is 0.0172. The molecule has 2 fully saturated rings. The summed E-state index contributed by atoms with van der Waals surface area (Å²) in [6.45, 7) is 7.86.